The summed E-state index contributed by atoms with van der Waals surface area (Å²) in [4.78, 5) is 45.3. The highest BCUT2D eigenvalue weighted by Gasteiger charge is 2.27. The fourth-order valence-electron chi connectivity index (χ4n) is 2.39. The van der Waals surface area contributed by atoms with Crippen LogP contribution in [-0.2, 0) is 16.2 Å². The van der Waals surface area contributed by atoms with Crippen molar-refractivity contribution in [1.29, 1.82) is 0 Å². The summed E-state index contributed by atoms with van der Waals surface area (Å²) in [6.45, 7) is 0.161. The van der Waals surface area contributed by atoms with Crippen LogP contribution in [0.15, 0.2) is 54.1 Å². The van der Waals surface area contributed by atoms with Crippen molar-refractivity contribution in [3.05, 3.63) is 70.8 Å². The number of amides is 4. The minimum Gasteiger partial charge on any atom is -0.545 e. The van der Waals surface area contributed by atoms with E-state index < -0.39 is 23.8 Å². The molecule has 0 bridgehead atoms. The summed E-state index contributed by atoms with van der Waals surface area (Å²) in [5.41, 5.74) is 1.13. The maximum atomic E-state index is 11.7. The first-order valence-corrected chi connectivity index (χ1v) is 7.84. The second-order valence-corrected chi connectivity index (χ2v) is 5.64. The lowest BCUT2D eigenvalue weighted by molar-refractivity contribution is -0.255. The average molecular weight is 365 g/mol. The number of benzene rings is 2. The summed E-state index contributed by atoms with van der Waals surface area (Å²) in [6.07, 6.45) is 1.35. The Morgan fingerprint density at radius 2 is 1.67 bits per heavy atom. The van der Waals surface area contributed by atoms with Crippen LogP contribution in [0.1, 0.15) is 21.5 Å². The average Bonchev–Trinajstić information content (AvgIpc) is 2.64. The van der Waals surface area contributed by atoms with Crippen LogP contribution in [-0.4, -0.2) is 23.8 Å². The van der Waals surface area contributed by atoms with Gasteiger partial charge in [0, 0.05) is 0 Å². The molecule has 3 rings (SSSR count). The van der Waals surface area contributed by atoms with E-state index in [-0.39, 0.29) is 17.7 Å². The molecule has 1 saturated heterocycles. The molecule has 2 N–H and O–H groups in total. The van der Waals surface area contributed by atoms with Crippen LogP contribution in [0.25, 0.3) is 6.08 Å². The van der Waals surface area contributed by atoms with Gasteiger partial charge in [-0.05, 0) is 41.0 Å². The number of ether oxygens (including phenoxy) is 1. The number of carboxylic acid groups (broad SMARTS) is 1. The number of imide groups is 2. The second kappa shape index (κ2) is 7.52. The zero-order valence-electron chi connectivity index (χ0n) is 13.9. The molecule has 0 unspecified atom stereocenters. The van der Waals surface area contributed by atoms with E-state index in [0.29, 0.717) is 16.9 Å². The topological polar surface area (TPSA) is 125 Å². The standard InChI is InChI=1S/C19H14N2O6/c22-16-15(17(23)21-19(26)20-16)9-11-4-6-14(7-5-11)27-10-12-2-1-3-13(8-12)18(24)25/h1-9H,10H2,(H,24,25)(H2,20,21,22,23,26)/p-1. The number of urea groups is 1. The lowest BCUT2D eigenvalue weighted by Crippen LogP contribution is -2.51. The van der Waals surface area contributed by atoms with Crippen LogP contribution in [0, 0.1) is 0 Å². The first-order valence-electron chi connectivity index (χ1n) is 7.84. The smallest absolute Gasteiger partial charge is 0.328 e. The predicted molar refractivity (Wildman–Crippen MR) is 91.2 cm³/mol. The van der Waals surface area contributed by atoms with Crippen LogP contribution in [0.4, 0.5) is 4.79 Å². The molecule has 2 aromatic carbocycles. The molecule has 1 aliphatic heterocycles. The number of hydrogen-bond donors (Lipinski definition) is 2. The van der Waals surface area contributed by atoms with Crippen molar-refractivity contribution in [2.24, 2.45) is 0 Å². The van der Waals surface area contributed by atoms with Crippen molar-refractivity contribution in [2.75, 3.05) is 0 Å². The van der Waals surface area contributed by atoms with Crippen molar-refractivity contribution in [2.45, 2.75) is 6.61 Å². The van der Waals surface area contributed by atoms with Crippen molar-refractivity contribution in [3.63, 3.8) is 0 Å². The van der Waals surface area contributed by atoms with Crippen LogP contribution in [0.3, 0.4) is 0 Å². The highest BCUT2D eigenvalue weighted by molar-refractivity contribution is 6.31. The van der Waals surface area contributed by atoms with Gasteiger partial charge in [0.2, 0.25) is 0 Å². The predicted octanol–water partition coefficient (Wildman–Crippen LogP) is 0.378. The van der Waals surface area contributed by atoms with Crippen molar-refractivity contribution in [3.8, 4) is 5.75 Å². The molecular formula is C19H13N2O6-. The summed E-state index contributed by atoms with van der Waals surface area (Å²) in [5.74, 6) is -2.27. The first-order chi connectivity index (χ1) is 12.9. The quantitative estimate of drug-likeness (QED) is 0.583. The van der Waals surface area contributed by atoms with Gasteiger partial charge in [-0.25, -0.2) is 4.79 Å². The second-order valence-electron chi connectivity index (χ2n) is 5.64. The van der Waals surface area contributed by atoms with E-state index in [9.17, 15) is 24.3 Å². The molecule has 0 atom stereocenters. The molecular weight excluding hydrogens is 352 g/mol. The van der Waals surface area contributed by atoms with E-state index in [1.165, 1.54) is 18.2 Å². The molecule has 1 fully saturated rings. The number of carbonyl (C=O) groups excluding carboxylic acids is 4. The Hall–Kier alpha value is -3.94. The van der Waals surface area contributed by atoms with Crippen LogP contribution in [0.2, 0.25) is 0 Å². The number of nitrogens with one attached hydrogen (secondary N) is 2. The molecule has 0 aliphatic carbocycles. The van der Waals surface area contributed by atoms with Gasteiger partial charge >= 0.3 is 6.03 Å². The molecule has 27 heavy (non-hydrogen) atoms. The zero-order valence-corrected chi connectivity index (χ0v) is 13.9. The Balaban J connectivity index is 1.67. The Kier molecular flexibility index (Phi) is 4.98. The largest absolute Gasteiger partial charge is 0.545 e. The first kappa shape index (κ1) is 17.9. The van der Waals surface area contributed by atoms with E-state index in [4.69, 9.17) is 4.74 Å². The third-order valence-corrected chi connectivity index (χ3v) is 3.70. The monoisotopic (exact) mass is 365 g/mol. The number of carbonyl (C=O) groups is 4. The van der Waals surface area contributed by atoms with E-state index in [0.717, 1.165) is 0 Å². The fourth-order valence-corrected chi connectivity index (χ4v) is 2.39. The number of aromatic carboxylic acids is 1. The highest BCUT2D eigenvalue weighted by atomic mass is 16.5. The van der Waals surface area contributed by atoms with Gasteiger partial charge in [0.05, 0.1) is 5.97 Å². The van der Waals surface area contributed by atoms with Gasteiger partial charge in [-0.2, -0.15) is 0 Å². The van der Waals surface area contributed by atoms with E-state index in [1.54, 1.807) is 36.4 Å². The van der Waals surface area contributed by atoms with Gasteiger partial charge in [-0.1, -0.05) is 30.3 Å². The molecule has 8 heteroatoms. The zero-order chi connectivity index (χ0) is 19.4. The molecule has 136 valence electrons. The summed E-state index contributed by atoms with van der Waals surface area (Å²) in [6, 6.07) is 11.9. The summed E-state index contributed by atoms with van der Waals surface area (Å²) in [5, 5.41) is 14.8. The van der Waals surface area contributed by atoms with Crippen molar-refractivity contribution >= 4 is 29.9 Å². The maximum Gasteiger partial charge on any atom is 0.328 e. The van der Waals surface area contributed by atoms with Crippen molar-refractivity contribution in [1.82, 2.24) is 10.6 Å². The minimum atomic E-state index is -1.26. The Morgan fingerprint density at radius 3 is 2.30 bits per heavy atom. The molecule has 0 saturated carbocycles. The van der Waals surface area contributed by atoms with Crippen LogP contribution in [0.5, 0.6) is 5.75 Å². The number of carboxylic acids is 1. The molecule has 0 spiro atoms. The van der Waals surface area contributed by atoms with E-state index in [2.05, 4.69) is 0 Å². The van der Waals surface area contributed by atoms with E-state index >= 15 is 0 Å². The molecule has 0 radical (unpaired) electrons. The van der Waals surface area contributed by atoms with Gasteiger partial charge in [0.15, 0.2) is 0 Å². The third kappa shape index (κ3) is 4.37. The van der Waals surface area contributed by atoms with Crippen LogP contribution < -0.4 is 20.5 Å². The maximum absolute atomic E-state index is 11.7. The molecule has 1 aliphatic rings. The molecule has 8 nitrogen and oxygen atoms in total. The Labute approximate surface area is 153 Å². The van der Waals surface area contributed by atoms with E-state index in [1.807, 2.05) is 10.6 Å². The lowest BCUT2D eigenvalue weighted by atomic mass is 10.1. The summed E-state index contributed by atoms with van der Waals surface area (Å²) < 4.78 is 5.59. The Morgan fingerprint density at radius 1 is 1.00 bits per heavy atom. The third-order valence-electron chi connectivity index (χ3n) is 3.70. The highest BCUT2D eigenvalue weighted by Crippen LogP contribution is 2.17. The van der Waals surface area contributed by atoms with Gasteiger partial charge in [0.25, 0.3) is 11.8 Å². The molecule has 4 amide bonds. The summed E-state index contributed by atoms with van der Waals surface area (Å²) >= 11 is 0. The normalized spacial score (nSPS) is 13.6. The minimum absolute atomic E-state index is 0.0700. The van der Waals surface area contributed by atoms with Gasteiger partial charge in [-0.15, -0.1) is 0 Å². The van der Waals surface area contributed by atoms with Gasteiger partial charge in [-0.3, -0.25) is 20.2 Å². The lowest BCUT2D eigenvalue weighted by Gasteiger charge is -2.14. The van der Waals surface area contributed by atoms with Gasteiger partial charge in [0.1, 0.15) is 17.9 Å². The Bertz CT molecular complexity index is 940. The number of rotatable bonds is 5. The SMILES string of the molecule is O=C1NC(=O)C(=Cc2ccc(OCc3cccc(C(=O)[O-])c3)cc2)C(=O)N1. The van der Waals surface area contributed by atoms with Gasteiger partial charge < -0.3 is 14.6 Å². The summed E-state index contributed by atoms with van der Waals surface area (Å²) in [7, 11) is 0. The van der Waals surface area contributed by atoms with Crippen molar-refractivity contribution < 1.29 is 29.0 Å². The molecule has 0 aromatic heterocycles. The number of hydrogen-bond acceptors (Lipinski definition) is 6. The number of barbiturate groups is 1. The fraction of sp³-hybridized carbons (Fsp3) is 0.0526. The van der Waals surface area contributed by atoms with Crippen LogP contribution >= 0.6 is 0 Å². The molecule has 1 heterocycles. The molecule has 2 aromatic rings.